The quantitative estimate of drug-likeness (QED) is 0.543. The summed E-state index contributed by atoms with van der Waals surface area (Å²) < 4.78 is 16.8. The van der Waals surface area contributed by atoms with E-state index in [0.717, 1.165) is 0 Å². The van der Waals surface area contributed by atoms with Gasteiger partial charge in [-0.2, -0.15) is 0 Å². The summed E-state index contributed by atoms with van der Waals surface area (Å²) in [5.41, 5.74) is -0.221. The van der Waals surface area contributed by atoms with Crippen LogP contribution in [0.2, 0.25) is 0 Å². The topological polar surface area (TPSA) is 27.7 Å². The highest BCUT2D eigenvalue weighted by Crippen LogP contribution is 2.20. The minimum absolute atomic E-state index is 0.0503. The van der Waals surface area contributed by atoms with Crippen LogP contribution in [0.5, 0.6) is 0 Å². The molecule has 90 valence electrons. The number of hydrogen-bond acceptors (Lipinski definition) is 3. The predicted molar refractivity (Wildman–Crippen MR) is 62.9 cm³/mol. The van der Waals surface area contributed by atoms with E-state index in [9.17, 15) is 0 Å². The molecule has 3 nitrogen and oxygen atoms in total. The van der Waals surface area contributed by atoms with Crippen molar-refractivity contribution in [3.8, 4) is 12.3 Å². The summed E-state index contributed by atoms with van der Waals surface area (Å²) in [6.45, 7) is 8.23. The van der Waals surface area contributed by atoms with Crippen LogP contribution in [0.25, 0.3) is 0 Å². The third-order valence-electron chi connectivity index (χ3n) is 2.10. The molecule has 0 aliphatic carbocycles. The summed E-state index contributed by atoms with van der Waals surface area (Å²) in [4.78, 5) is 0. The molecule has 0 radical (unpaired) electrons. The lowest BCUT2D eigenvalue weighted by atomic mass is 10.1. The van der Waals surface area contributed by atoms with Gasteiger partial charge in [0, 0.05) is 0 Å². The van der Waals surface area contributed by atoms with E-state index in [1.165, 1.54) is 0 Å². The molecule has 0 aromatic heterocycles. The lowest BCUT2D eigenvalue weighted by Gasteiger charge is -2.33. The van der Waals surface area contributed by atoms with Crippen molar-refractivity contribution in [2.45, 2.75) is 51.8 Å². The van der Waals surface area contributed by atoms with E-state index in [4.69, 9.17) is 20.6 Å². The van der Waals surface area contributed by atoms with Crippen molar-refractivity contribution in [1.29, 1.82) is 0 Å². The van der Waals surface area contributed by atoms with Gasteiger partial charge in [0.1, 0.15) is 12.7 Å². The smallest absolute Gasteiger partial charge is 0.178 e. The van der Waals surface area contributed by atoms with E-state index in [1.807, 2.05) is 39.8 Å². The van der Waals surface area contributed by atoms with Crippen LogP contribution in [-0.2, 0) is 14.2 Å². The molecular weight excluding hydrogens is 204 g/mol. The first-order valence-electron chi connectivity index (χ1n) is 5.49. The van der Waals surface area contributed by atoms with E-state index in [-0.39, 0.29) is 24.1 Å². The molecule has 1 aliphatic heterocycles. The molecule has 0 saturated carbocycles. The first-order chi connectivity index (χ1) is 7.42. The maximum Gasteiger partial charge on any atom is 0.178 e. The Morgan fingerprint density at radius 3 is 2.56 bits per heavy atom. The lowest BCUT2D eigenvalue weighted by molar-refractivity contribution is -0.209. The van der Waals surface area contributed by atoms with Crippen molar-refractivity contribution in [2.75, 3.05) is 6.61 Å². The highest BCUT2D eigenvalue weighted by molar-refractivity contribution is 5.00. The molecule has 0 fully saturated rings. The highest BCUT2D eigenvalue weighted by atomic mass is 16.7. The Balaban J connectivity index is 2.50. The Bertz CT molecular complexity index is 283. The van der Waals surface area contributed by atoms with E-state index in [0.29, 0.717) is 6.61 Å². The molecule has 0 unspecified atom stereocenters. The van der Waals surface area contributed by atoms with Crippen LogP contribution in [0.15, 0.2) is 12.2 Å². The molecule has 0 N–H and O–H groups in total. The maximum absolute atomic E-state index is 5.70. The van der Waals surface area contributed by atoms with E-state index in [1.54, 1.807) is 0 Å². The second-order valence-corrected chi connectivity index (χ2v) is 4.80. The van der Waals surface area contributed by atoms with E-state index >= 15 is 0 Å². The molecule has 1 rings (SSSR count). The normalized spacial score (nSPS) is 30.1. The van der Waals surface area contributed by atoms with Gasteiger partial charge in [-0.1, -0.05) is 12.0 Å². The van der Waals surface area contributed by atoms with Gasteiger partial charge < -0.3 is 14.2 Å². The standard InChI is InChI=1S/C13H20O3/c1-6-9-14-11-7-8-12(15-10(11)2)16-13(3,4)5/h1,7-8,10-12H,9H2,2-5H3/t10-,11+,12-/m1/s1. The fourth-order valence-electron chi connectivity index (χ4n) is 1.44. The molecule has 0 amide bonds. The third-order valence-corrected chi connectivity index (χ3v) is 2.10. The van der Waals surface area contributed by atoms with Gasteiger partial charge in [-0.05, 0) is 33.8 Å². The third kappa shape index (κ3) is 4.36. The van der Waals surface area contributed by atoms with Gasteiger partial charge in [0.25, 0.3) is 0 Å². The summed E-state index contributed by atoms with van der Waals surface area (Å²) >= 11 is 0. The predicted octanol–water partition coefficient (Wildman–Crippen LogP) is 2.12. The van der Waals surface area contributed by atoms with Crippen molar-refractivity contribution in [3.63, 3.8) is 0 Å². The molecule has 0 bridgehead atoms. The zero-order chi connectivity index (χ0) is 12.2. The highest BCUT2D eigenvalue weighted by Gasteiger charge is 2.27. The summed E-state index contributed by atoms with van der Waals surface area (Å²) in [5.74, 6) is 2.44. The Hall–Kier alpha value is -0.820. The van der Waals surface area contributed by atoms with Crippen LogP contribution in [0.3, 0.4) is 0 Å². The molecule has 16 heavy (non-hydrogen) atoms. The van der Waals surface area contributed by atoms with Crippen molar-refractivity contribution in [2.24, 2.45) is 0 Å². The Morgan fingerprint density at radius 1 is 1.38 bits per heavy atom. The zero-order valence-electron chi connectivity index (χ0n) is 10.4. The largest absolute Gasteiger partial charge is 0.359 e. The summed E-state index contributed by atoms with van der Waals surface area (Å²) in [6.07, 6.45) is 8.51. The number of terminal acetylenes is 1. The second-order valence-electron chi connectivity index (χ2n) is 4.80. The molecular formula is C13H20O3. The molecule has 0 aromatic carbocycles. The Labute approximate surface area is 97.8 Å². The molecule has 1 aliphatic rings. The van der Waals surface area contributed by atoms with Gasteiger partial charge in [0.15, 0.2) is 6.29 Å². The Morgan fingerprint density at radius 2 is 2.06 bits per heavy atom. The van der Waals surface area contributed by atoms with Crippen LogP contribution in [0.1, 0.15) is 27.7 Å². The molecule has 0 aromatic rings. The SMILES string of the molecule is C#CCO[C@H]1C=C[C@@H](OC(C)(C)C)O[C@@H]1C. The van der Waals surface area contributed by atoms with Crippen molar-refractivity contribution < 1.29 is 14.2 Å². The van der Waals surface area contributed by atoms with Gasteiger partial charge in [-0.25, -0.2) is 0 Å². The average Bonchev–Trinajstić information content (AvgIpc) is 2.14. The van der Waals surface area contributed by atoms with Gasteiger partial charge >= 0.3 is 0 Å². The molecule has 3 heteroatoms. The van der Waals surface area contributed by atoms with Crippen molar-refractivity contribution >= 4 is 0 Å². The monoisotopic (exact) mass is 224 g/mol. The number of ether oxygens (including phenoxy) is 3. The van der Waals surface area contributed by atoms with E-state index in [2.05, 4.69) is 5.92 Å². The average molecular weight is 224 g/mol. The first-order valence-corrected chi connectivity index (χ1v) is 5.49. The van der Waals surface area contributed by atoms with Gasteiger partial charge in [0.2, 0.25) is 0 Å². The summed E-state index contributed by atoms with van der Waals surface area (Å²) in [5, 5.41) is 0. The van der Waals surface area contributed by atoms with Crippen LogP contribution in [0, 0.1) is 12.3 Å². The number of hydrogen-bond donors (Lipinski definition) is 0. The zero-order valence-corrected chi connectivity index (χ0v) is 10.4. The minimum atomic E-state index is -0.305. The Kier molecular flexibility index (Phi) is 4.55. The first kappa shape index (κ1) is 13.2. The van der Waals surface area contributed by atoms with Crippen LogP contribution < -0.4 is 0 Å². The minimum Gasteiger partial charge on any atom is -0.359 e. The summed E-state index contributed by atoms with van der Waals surface area (Å²) in [7, 11) is 0. The van der Waals surface area contributed by atoms with Crippen LogP contribution in [-0.4, -0.2) is 30.7 Å². The fourth-order valence-corrected chi connectivity index (χ4v) is 1.44. The van der Waals surface area contributed by atoms with Crippen LogP contribution in [0.4, 0.5) is 0 Å². The van der Waals surface area contributed by atoms with Crippen LogP contribution >= 0.6 is 0 Å². The lowest BCUT2D eigenvalue weighted by Crippen LogP contribution is -2.39. The van der Waals surface area contributed by atoms with Gasteiger partial charge in [0.05, 0.1) is 11.7 Å². The molecule has 0 spiro atoms. The molecule has 0 saturated heterocycles. The van der Waals surface area contributed by atoms with E-state index < -0.39 is 0 Å². The van der Waals surface area contributed by atoms with Gasteiger partial charge in [-0.3, -0.25) is 0 Å². The van der Waals surface area contributed by atoms with Crippen molar-refractivity contribution in [3.05, 3.63) is 12.2 Å². The summed E-state index contributed by atoms with van der Waals surface area (Å²) in [6, 6.07) is 0. The van der Waals surface area contributed by atoms with Gasteiger partial charge in [-0.15, -0.1) is 6.42 Å². The molecule has 1 heterocycles. The molecule has 3 atom stereocenters. The van der Waals surface area contributed by atoms with Crippen molar-refractivity contribution in [1.82, 2.24) is 0 Å². The maximum atomic E-state index is 5.70. The second kappa shape index (κ2) is 5.49. The number of rotatable bonds is 3. The fraction of sp³-hybridized carbons (Fsp3) is 0.692.